The third-order valence-corrected chi connectivity index (χ3v) is 5.86. The zero-order valence-electron chi connectivity index (χ0n) is 13.7. The Kier molecular flexibility index (Phi) is 5.11. The molecular weight excluding hydrogens is 250 g/mol. The molecule has 2 aliphatic rings. The Bertz CT molecular complexity index is 305. The van der Waals surface area contributed by atoms with E-state index < -0.39 is 0 Å². The van der Waals surface area contributed by atoms with Crippen LogP contribution in [0.15, 0.2) is 0 Å². The highest BCUT2D eigenvalue weighted by atomic mass is 16.5. The Balaban J connectivity index is 2.10. The molecule has 1 heterocycles. The number of nitrogens with zero attached hydrogens (tertiary/aromatic N) is 1. The van der Waals surface area contributed by atoms with Crippen LogP contribution in [0, 0.1) is 5.92 Å². The van der Waals surface area contributed by atoms with Crippen molar-refractivity contribution in [2.24, 2.45) is 11.8 Å². The maximum atomic E-state index is 6.22. The molecule has 0 aromatic heterocycles. The largest absolute Gasteiger partial charge is 0.375 e. The second kappa shape index (κ2) is 6.30. The predicted octanol–water partition coefficient (Wildman–Crippen LogP) is 2.29. The van der Waals surface area contributed by atoms with E-state index in [1.165, 1.54) is 38.5 Å². The van der Waals surface area contributed by atoms with Gasteiger partial charge in [0.25, 0.3) is 0 Å². The quantitative estimate of drug-likeness (QED) is 0.614. The summed E-state index contributed by atoms with van der Waals surface area (Å²) in [6, 6.07) is 0.306. The number of likely N-dealkylation sites (N-methyl/N-ethyl adjacent to an activating group) is 1. The van der Waals surface area contributed by atoms with Crippen molar-refractivity contribution in [3.05, 3.63) is 0 Å². The van der Waals surface area contributed by atoms with Crippen LogP contribution in [0.2, 0.25) is 0 Å². The minimum Gasteiger partial charge on any atom is -0.375 e. The van der Waals surface area contributed by atoms with Gasteiger partial charge in [-0.3, -0.25) is 11.3 Å². The molecule has 2 unspecified atom stereocenters. The standard InChI is InChI=1S/C16H33N3O/c1-15(2,19(3)4)14(18-17)13-8-11-20-16(12-13)9-6-5-7-10-16/h13-14,18H,5-12,17H2,1-4H3. The molecule has 0 aromatic rings. The van der Waals surface area contributed by atoms with Gasteiger partial charge in [0.05, 0.1) is 5.60 Å². The number of ether oxygens (including phenoxy) is 1. The molecule has 4 heteroatoms. The Morgan fingerprint density at radius 3 is 2.45 bits per heavy atom. The van der Waals surface area contributed by atoms with E-state index in [1.54, 1.807) is 0 Å². The van der Waals surface area contributed by atoms with E-state index in [4.69, 9.17) is 10.6 Å². The van der Waals surface area contributed by atoms with Gasteiger partial charge in [-0.15, -0.1) is 0 Å². The first-order valence-corrected chi connectivity index (χ1v) is 8.19. The molecule has 1 spiro atoms. The summed E-state index contributed by atoms with van der Waals surface area (Å²) in [5, 5.41) is 0. The van der Waals surface area contributed by atoms with Gasteiger partial charge in [-0.2, -0.15) is 0 Å². The molecular formula is C16H33N3O. The molecule has 1 aliphatic carbocycles. The van der Waals surface area contributed by atoms with E-state index in [2.05, 4.69) is 38.3 Å². The van der Waals surface area contributed by atoms with Crippen molar-refractivity contribution in [1.29, 1.82) is 0 Å². The molecule has 2 fully saturated rings. The molecule has 20 heavy (non-hydrogen) atoms. The predicted molar refractivity (Wildman–Crippen MR) is 83.4 cm³/mol. The van der Waals surface area contributed by atoms with Crippen molar-refractivity contribution in [2.45, 2.75) is 76.0 Å². The highest BCUT2D eigenvalue weighted by molar-refractivity contribution is 4.99. The highest BCUT2D eigenvalue weighted by Gasteiger charge is 2.44. The van der Waals surface area contributed by atoms with Crippen LogP contribution in [0.5, 0.6) is 0 Å². The average Bonchev–Trinajstić information content (AvgIpc) is 2.40. The van der Waals surface area contributed by atoms with Crippen LogP contribution in [-0.2, 0) is 4.74 Å². The van der Waals surface area contributed by atoms with Crippen molar-refractivity contribution in [3.8, 4) is 0 Å². The lowest BCUT2D eigenvalue weighted by Crippen LogP contribution is -2.62. The van der Waals surface area contributed by atoms with E-state index >= 15 is 0 Å². The van der Waals surface area contributed by atoms with Gasteiger partial charge in [0.15, 0.2) is 0 Å². The molecule has 1 saturated carbocycles. The summed E-state index contributed by atoms with van der Waals surface area (Å²) in [5.74, 6) is 6.53. The summed E-state index contributed by atoms with van der Waals surface area (Å²) < 4.78 is 6.22. The fraction of sp³-hybridized carbons (Fsp3) is 1.00. The topological polar surface area (TPSA) is 50.5 Å². The maximum Gasteiger partial charge on any atom is 0.0685 e. The summed E-state index contributed by atoms with van der Waals surface area (Å²) in [4.78, 5) is 2.28. The summed E-state index contributed by atoms with van der Waals surface area (Å²) >= 11 is 0. The summed E-state index contributed by atoms with van der Waals surface area (Å²) in [7, 11) is 4.28. The SMILES string of the molecule is CN(C)C(C)(C)C(NN)C1CCOC2(CCCCC2)C1. The molecule has 1 saturated heterocycles. The van der Waals surface area contributed by atoms with E-state index in [0.29, 0.717) is 12.0 Å². The molecule has 2 atom stereocenters. The molecule has 4 nitrogen and oxygen atoms in total. The van der Waals surface area contributed by atoms with E-state index in [-0.39, 0.29) is 11.1 Å². The van der Waals surface area contributed by atoms with Crippen LogP contribution in [-0.4, -0.2) is 42.8 Å². The lowest BCUT2D eigenvalue weighted by Gasteiger charge is -2.50. The number of hydrogen-bond donors (Lipinski definition) is 2. The average molecular weight is 283 g/mol. The Morgan fingerprint density at radius 2 is 1.90 bits per heavy atom. The van der Waals surface area contributed by atoms with E-state index in [1.807, 2.05) is 0 Å². The molecule has 0 bridgehead atoms. The fourth-order valence-electron chi connectivity index (χ4n) is 4.09. The van der Waals surface area contributed by atoms with Gasteiger partial charge in [0, 0.05) is 18.2 Å². The molecule has 0 radical (unpaired) electrons. The Hall–Kier alpha value is -0.160. The summed E-state index contributed by atoms with van der Waals surface area (Å²) in [5.41, 5.74) is 3.32. The van der Waals surface area contributed by atoms with Gasteiger partial charge in [0.1, 0.15) is 0 Å². The van der Waals surface area contributed by atoms with E-state index in [9.17, 15) is 0 Å². The van der Waals surface area contributed by atoms with Crippen LogP contribution >= 0.6 is 0 Å². The van der Waals surface area contributed by atoms with Gasteiger partial charge < -0.3 is 9.64 Å². The number of nitrogens with one attached hydrogen (secondary N) is 1. The Labute approximate surface area is 124 Å². The fourth-order valence-corrected chi connectivity index (χ4v) is 4.09. The molecule has 2 rings (SSSR count). The zero-order valence-corrected chi connectivity index (χ0v) is 13.7. The normalized spacial score (nSPS) is 28.8. The molecule has 118 valence electrons. The first-order valence-electron chi connectivity index (χ1n) is 8.19. The van der Waals surface area contributed by atoms with Crippen LogP contribution in [0.3, 0.4) is 0 Å². The first-order chi connectivity index (χ1) is 9.41. The van der Waals surface area contributed by atoms with Crippen LogP contribution in [0.4, 0.5) is 0 Å². The minimum atomic E-state index is 0.0482. The van der Waals surface area contributed by atoms with Crippen LogP contribution < -0.4 is 11.3 Å². The van der Waals surface area contributed by atoms with Crippen molar-refractivity contribution in [1.82, 2.24) is 10.3 Å². The van der Waals surface area contributed by atoms with Crippen LogP contribution in [0.25, 0.3) is 0 Å². The number of rotatable bonds is 4. The first kappa shape index (κ1) is 16.2. The van der Waals surface area contributed by atoms with Gasteiger partial charge in [0.2, 0.25) is 0 Å². The smallest absolute Gasteiger partial charge is 0.0685 e. The van der Waals surface area contributed by atoms with Gasteiger partial charge in [-0.1, -0.05) is 19.3 Å². The Morgan fingerprint density at radius 1 is 1.25 bits per heavy atom. The maximum absolute atomic E-state index is 6.22. The number of nitrogens with two attached hydrogens (primary N) is 1. The minimum absolute atomic E-state index is 0.0482. The van der Waals surface area contributed by atoms with Crippen molar-refractivity contribution >= 4 is 0 Å². The third kappa shape index (κ3) is 3.19. The van der Waals surface area contributed by atoms with Gasteiger partial charge >= 0.3 is 0 Å². The molecule has 0 aromatic carbocycles. The summed E-state index contributed by atoms with van der Waals surface area (Å²) in [6.45, 7) is 5.45. The number of hydrazine groups is 1. The summed E-state index contributed by atoms with van der Waals surface area (Å²) in [6.07, 6.45) is 8.78. The second-order valence-corrected chi connectivity index (χ2v) is 7.54. The van der Waals surface area contributed by atoms with Crippen molar-refractivity contribution in [2.75, 3.05) is 20.7 Å². The lowest BCUT2D eigenvalue weighted by atomic mass is 9.71. The molecule has 1 aliphatic heterocycles. The van der Waals surface area contributed by atoms with Gasteiger partial charge in [-0.25, -0.2) is 0 Å². The zero-order chi connectivity index (χ0) is 14.8. The van der Waals surface area contributed by atoms with Crippen LogP contribution in [0.1, 0.15) is 58.8 Å². The molecule has 0 amide bonds. The van der Waals surface area contributed by atoms with Gasteiger partial charge in [-0.05, 0) is 59.5 Å². The van der Waals surface area contributed by atoms with Crippen molar-refractivity contribution in [3.63, 3.8) is 0 Å². The molecule has 3 N–H and O–H groups in total. The number of hydrogen-bond acceptors (Lipinski definition) is 4. The highest BCUT2D eigenvalue weighted by Crippen LogP contribution is 2.43. The third-order valence-electron chi connectivity index (χ3n) is 5.86. The lowest BCUT2D eigenvalue weighted by molar-refractivity contribution is -0.127. The van der Waals surface area contributed by atoms with E-state index in [0.717, 1.165) is 13.0 Å². The second-order valence-electron chi connectivity index (χ2n) is 7.54. The van der Waals surface area contributed by atoms with Crippen molar-refractivity contribution < 1.29 is 4.74 Å². The monoisotopic (exact) mass is 283 g/mol.